The van der Waals surface area contributed by atoms with Gasteiger partial charge < -0.3 is 14.2 Å². The minimum Gasteiger partial charge on any atom is -0.496 e. The highest BCUT2D eigenvalue weighted by atomic mass is 32.3. The van der Waals surface area contributed by atoms with Gasteiger partial charge in [-0.1, -0.05) is 0 Å². The molecule has 1 aromatic rings. The molecule has 17 heavy (non-hydrogen) atoms. The Bertz CT molecular complexity index is 472. The minimum absolute atomic E-state index is 0.123. The van der Waals surface area contributed by atoms with Crippen LogP contribution in [0.1, 0.15) is 5.56 Å². The summed E-state index contributed by atoms with van der Waals surface area (Å²) in [5, 5.41) is 0. The SMILES string of the molecule is COc1cc(OC)c(CS(=O)(=O)F)c(OC)c1. The van der Waals surface area contributed by atoms with Gasteiger partial charge in [-0.05, 0) is 0 Å². The van der Waals surface area contributed by atoms with E-state index in [0.717, 1.165) is 0 Å². The Hall–Kier alpha value is -1.50. The largest absolute Gasteiger partial charge is 0.496 e. The number of rotatable bonds is 5. The van der Waals surface area contributed by atoms with E-state index < -0.39 is 16.0 Å². The van der Waals surface area contributed by atoms with Crippen LogP contribution in [-0.4, -0.2) is 29.7 Å². The smallest absolute Gasteiger partial charge is 0.306 e. The molecule has 96 valence electrons. The van der Waals surface area contributed by atoms with Crippen molar-refractivity contribution < 1.29 is 26.5 Å². The summed E-state index contributed by atoms with van der Waals surface area (Å²) in [6.07, 6.45) is 0. The van der Waals surface area contributed by atoms with Crippen molar-refractivity contribution in [3.8, 4) is 17.2 Å². The highest BCUT2D eigenvalue weighted by Gasteiger charge is 2.19. The fourth-order valence-corrected chi connectivity index (χ4v) is 2.02. The van der Waals surface area contributed by atoms with Gasteiger partial charge in [-0.15, -0.1) is 3.89 Å². The summed E-state index contributed by atoms with van der Waals surface area (Å²) >= 11 is 0. The van der Waals surface area contributed by atoms with Crippen LogP contribution in [0.25, 0.3) is 0 Å². The molecular formula is C10H13FO5S. The van der Waals surface area contributed by atoms with E-state index in [4.69, 9.17) is 14.2 Å². The maximum atomic E-state index is 12.7. The van der Waals surface area contributed by atoms with E-state index in [0.29, 0.717) is 5.75 Å². The van der Waals surface area contributed by atoms with Gasteiger partial charge in [-0.25, -0.2) is 0 Å². The molecule has 0 aliphatic rings. The van der Waals surface area contributed by atoms with Gasteiger partial charge in [-0.2, -0.15) is 8.42 Å². The van der Waals surface area contributed by atoms with Gasteiger partial charge in [0.15, 0.2) is 0 Å². The molecular weight excluding hydrogens is 251 g/mol. The monoisotopic (exact) mass is 264 g/mol. The molecule has 0 unspecified atom stereocenters. The molecule has 5 nitrogen and oxygen atoms in total. The van der Waals surface area contributed by atoms with Crippen molar-refractivity contribution in [1.29, 1.82) is 0 Å². The van der Waals surface area contributed by atoms with Gasteiger partial charge in [0.25, 0.3) is 0 Å². The van der Waals surface area contributed by atoms with E-state index in [-0.39, 0.29) is 17.1 Å². The number of halogens is 1. The first-order valence-corrected chi connectivity index (χ1v) is 6.17. The first kappa shape index (κ1) is 13.6. The molecule has 0 fully saturated rings. The number of hydrogen-bond acceptors (Lipinski definition) is 5. The molecule has 1 rings (SSSR count). The molecule has 1 aromatic carbocycles. The first-order valence-electron chi connectivity index (χ1n) is 4.62. The molecule has 0 amide bonds. The Morgan fingerprint density at radius 3 is 1.82 bits per heavy atom. The third-order valence-corrected chi connectivity index (χ3v) is 2.77. The fraction of sp³-hybridized carbons (Fsp3) is 0.400. The lowest BCUT2D eigenvalue weighted by molar-refractivity contribution is 0.370. The highest BCUT2D eigenvalue weighted by Crippen LogP contribution is 2.35. The summed E-state index contributed by atoms with van der Waals surface area (Å²) in [5.41, 5.74) is 0.123. The molecule has 0 bridgehead atoms. The van der Waals surface area contributed by atoms with Crippen LogP contribution < -0.4 is 14.2 Å². The lowest BCUT2D eigenvalue weighted by Gasteiger charge is -2.13. The van der Waals surface area contributed by atoms with Crippen molar-refractivity contribution >= 4 is 10.2 Å². The Labute approximate surface area is 99.3 Å². The van der Waals surface area contributed by atoms with Crippen LogP contribution in [0.4, 0.5) is 3.89 Å². The van der Waals surface area contributed by atoms with Gasteiger partial charge in [0.2, 0.25) is 0 Å². The summed E-state index contributed by atoms with van der Waals surface area (Å²) in [6.45, 7) is 0. The molecule has 0 radical (unpaired) electrons. The van der Waals surface area contributed by atoms with Crippen LogP contribution in [0, 0.1) is 0 Å². The Kier molecular flexibility index (Phi) is 4.17. The number of hydrogen-bond donors (Lipinski definition) is 0. The van der Waals surface area contributed by atoms with E-state index in [1.54, 1.807) is 0 Å². The fourth-order valence-electron chi connectivity index (χ4n) is 1.39. The van der Waals surface area contributed by atoms with Crippen LogP contribution in [0.2, 0.25) is 0 Å². The summed E-state index contributed by atoms with van der Waals surface area (Å²) in [4.78, 5) is 0. The van der Waals surface area contributed by atoms with E-state index in [2.05, 4.69) is 0 Å². The topological polar surface area (TPSA) is 61.8 Å². The molecule has 0 saturated heterocycles. The standard InChI is InChI=1S/C10H13FO5S/c1-14-7-4-9(15-2)8(6-17(11,12)13)10(5-7)16-3/h4-5H,6H2,1-3H3. The van der Waals surface area contributed by atoms with Crippen molar-refractivity contribution in [2.75, 3.05) is 21.3 Å². The van der Waals surface area contributed by atoms with Crippen molar-refractivity contribution in [2.24, 2.45) is 0 Å². The molecule has 7 heteroatoms. The zero-order valence-electron chi connectivity index (χ0n) is 9.69. The highest BCUT2D eigenvalue weighted by molar-refractivity contribution is 7.85. The van der Waals surface area contributed by atoms with Crippen LogP contribution >= 0.6 is 0 Å². The zero-order valence-corrected chi connectivity index (χ0v) is 10.5. The number of methoxy groups -OCH3 is 3. The van der Waals surface area contributed by atoms with E-state index in [9.17, 15) is 12.3 Å². The third kappa shape index (κ3) is 3.48. The molecule has 0 saturated carbocycles. The lowest BCUT2D eigenvalue weighted by atomic mass is 10.2. The second kappa shape index (κ2) is 5.22. The summed E-state index contributed by atoms with van der Waals surface area (Å²) in [6, 6.07) is 2.92. The number of ether oxygens (including phenoxy) is 3. The Balaban J connectivity index is 3.34. The average Bonchev–Trinajstić information content (AvgIpc) is 2.27. The summed E-state index contributed by atoms with van der Waals surface area (Å²) in [5.74, 6) is 0.0205. The predicted molar refractivity (Wildman–Crippen MR) is 59.8 cm³/mol. The molecule has 0 N–H and O–H groups in total. The minimum atomic E-state index is -4.66. The maximum absolute atomic E-state index is 12.7. The summed E-state index contributed by atoms with van der Waals surface area (Å²) in [7, 11) is -0.519. The third-order valence-electron chi connectivity index (χ3n) is 2.13. The van der Waals surface area contributed by atoms with E-state index in [1.807, 2.05) is 0 Å². The Morgan fingerprint density at radius 1 is 1.06 bits per heavy atom. The second-order valence-corrected chi connectivity index (χ2v) is 4.56. The second-order valence-electron chi connectivity index (χ2n) is 3.19. The van der Waals surface area contributed by atoms with Gasteiger partial charge in [0, 0.05) is 12.1 Å². The molecule has 0 aromatic heterocycles. The molecule has 0 spiro atoms. The normalized spacial score (nSPS) is 11.1. The van der Waals surface area contributed by atoms with Crippen molar-refractivity contribution in [2.45, 2.75) is 5.75 Å². The van der Waals surface area contributed by atoms with Crippen molar-refractivity contribution in [1.82, 2.24) is 0 Å². The lowest BCUT2D eigenvalue weighted by Crippen LogP contribution is -2.03. The van der Waals surface area contributed by atoms with Crippen molar-refractivity contribution in [3.63, 3.8) is 0 Å². The predicted octanol–water partition coefficient (Wildman–Crippen LogP) is 1.51. The zero-order chi connectivity index (χ0) is 13.1. The average molecular weight is 264 g/mol. The molecule has 0 heterocycles. The first-order chi connectivity index (χ1) is 7.91. The quantitative estimate of drug-likeness (QED) is 0.754. The van der Waals surface area contributed by atoms with Crippen LogP contribution in [0.5, 0.6) is 17.2 Å². The van der Waals surface area contributed by atoms with Crippen molar-refractivity contribution in [3.05, 3.63) is 17.7 Å². The maximum Gasteiger partial charge on any atom is 0.306 e. The molecule has 0 aliphatic carbocycles. The molecule has 0 atom stereocenters. The van der Waals surface area contributed by atoms with Gasteiger partial charge in [0.1, 0.15) is 23.0 Å². The van der Waals surface area contributed by atoms with E-state index >= 15 is 0 Å². The number of benzene rings is 1. The van der Waals surface area contributed by atoms with Gasteiger partial charge in [-0.3, -0.25) is 0 Å². The van der Waals surface area contributed by atoms with Crippen LogP contribution in [-0.2, 0) is 16.0 Å². The van der Waals surface area contributed by atoms with E-state index in [1.165, 1.54) is 33.5 Å². The van der Waals surface area contributed by atoms with Crippen LogP contribution in [0.3, 0.4) is 0 Å². The summed E-state index contributed by atoms with van der Waals surface area (Å²) < 4.78 is 49.0. The molecule has 0 aliphatic heterocycles. The van der Waals surface area contributed by atoms with Gasteiger partial charge in [0.05, 0.1) is 26.9 Å². The van der Waals surface area contributed by atoms with Gasteiger partial charge >= 0.3 is 10.2 Å². The van der Waals surface area contributed by atoms with Crippen LogP contribution in [0.15, 0.2) is 12.1 Å². The Morgan fingerprint density at radius 2 is 1.53 bits per heavy atom.